The minimum atomic E-state index is -0.367. The summed E-state index contributed by atoms with van der Waals surface area (Å²) in [7, 11) is 0. The largest absolute Gasteiger partial charge is 0.366 e. The number of nitrogens with two attached hydrogens (primary N) is 1. The molecule has 3 N–H and O–H groups in total. The fraction of sp³-hybridized carbons (Fsp3) is 0.588. The monoisotopic (exact) mass is 289 g/mol. The number of likely N-dealkylation sites (tertiary alicyclic amines) is 1. The lowest BCUT2D eigenvalue weighted by atomic mass is 10.0. The fourth-order valence-corrected chi connectivity index (χ4v) is 2.79. The Kier molecular flexibility index (Phi) is 6.21. The number of nitrogens with one attached hydrogen (secondary N) is 1. The van der Waals surface area contributed by atoms with Gasteiger partial charge in [-0.05, 0) is 56.6 Å². The predicted molar refractivity (Wildman–Crippen MR) is 86.2 cm³/mol. The molecule has 4 nitrogen and oxygen atoms in total. The Morgan fingerprint density at radius 3 is 2.52 bits per heavy atom. The van der Waals surface area contributed by atoms with Gasteiger partial charge in [-0.1, -0.05) is 25.5 Å². The van der Waals surface area contributed by atoms with Crippen LogP contribution in [0.4, 0.5) is 0 Å². The van der Waals surface area contributed by atoms with Gasteiger partial charge in [0, 0.05) is 18.2 Å². The van der Waals surface area contributed by atoms with Crippen molar-refractivity contribution in [3.05, 3.63) is 35.4 Å². The van der Waals surface area contributed by atoms with E-state index in [0.717, 1.165) is 6.54 Å². The van der Waals surface area contributed by atoms with Gasteiger partial charge in [-0.15, -0.1) is 0 Å². The number of piperidine rings is 1. The molecule has 0 saturated carbocycles. The van der Waals surface area contributed by atoms with E-state index in [-0.39, 0.29) is 5.91 Å². The van der Waals surface area contributed by atoms with Crippen molar-refractivity contribution in [1.29, 1.82) is 0 Å². The second-order valence-electron chi connectivity index (χ2n) is 5.91. The lowest BCUT2D eigenvalue weighted by molar-refractivity contribution is 0.100. The molecule has 116 valence electrons. The second-order valence-corrected chi connectivity index (χ2v) is 5.91. The number of amides is 1. The summed E-state index contributed by atoms with van der Waals surface area (Å²) in [5.41, 5.74) is 7.02. The Balaban J connectivity index is 1.70. The number of carbonyl (C=O) groups is 1. The first-order valence-corrected chi connectivity index (χ1v) is 8.03. The van der Waals surface area contributed by atoms with Gasteiger partial charge in [0.15, 0.2) is 0 Å². The molecule has 1 aliphatic rings. The highest BCUT2D eigenvalue weighted by molar-refractivity contribution is 5.92. The molecule has 0 aromatic heterocycles. The van der Waals surface area contributed by atoms with Crippen molar-refractivity contribution in [1.82, 2.24) is 10.2 Å². The van der Waals surface area contributed by atoms with Gasteiger partial charge in [0.05, 0.1) is 0 Å². The zero-order valence-corrected chi connectivity index (χ0v) is 13.0. The quantitative estimate of drug-likeness (QED) is 0.808. The molecule has 1 amide bonds. The summed E-state index contributed by atoms with van der Waals surface area (Å²) in [6, 6.07) is 8.16. The van der Waals surface area contributed by atoms with Crippen LogP contribution in [0.2, 0.25) is 0 Å². The summed E-state index contributed by atoms with van der Waals surface area (Å²) in [6.45, 7) is 6.77. The van der Waals surface area contributed by atoms with Crippen molar-refractivity contribution < 1.29 is 4.79 Å². The molecule has 0 spiro atoms. The van der Waals surface area contributed by atoms with Gasteiger partial charge in [0.25, 0.3) is 0 Å². The van der Waals surface area contributed by atoms with Crippen LogP contribution >= 0.6 is 0 Å². The molecule has 0 aliphatic carbocycles. The van der Waals surface area contributed by atoms with Crippen molar-refractivity contribution in [3.63, 3.8) is 0 Å². The Morgan fingerprint density at radius 2 is 1.95 bits per heavy atom. The fourth-order valence-electron chi connectivity index (χ4n) is 2.79. The maximum atomic E-state index is 11.0. The number of nitrogens with zero attached hydrogens (tertiary/aromatic N) is 1. The molecule has 1 aliphatic heterocycles. The van der Waals surface area contributed by atoms with E-state index in [0.29, 0.717) is 11.6 Å². The maximum Gasteiger partial charge on any atom is 0.248 e. The van der Waals surface area contributed by atoms with Crippen LogP contribution in [0.25, 0.3) is 0 Å². The van der Waals surface area contributed by atoms with E-state index in [1.54, 1.807) is 12.1 Å². The Hall–Kier alpha value is -1.39. The van der Waals surface area contributed by atoms with Crippen molar-refractivity contribution in [2.45, 2.75) is 45.2 Å². The first kappa shape index (κ1) is 16.0. The smallest absolute Gasteiger partial charge is 0.248 e. The molecule has 4 heteroatoms. The van der Waals surface area contributed by atoms with Crippen molar-refractivity contribution in [2.24, 2.45) is 5.73 Å². The summed E-state index contributed by atoms with van der Waals surface area (Å²) in [5, 5.41) is 3.62. The average Bonchev–Trinajstić information content (AvgIpc) is 2.52. The third-order valence-corrected chi connectivity index (χ3v) is 4.25. The molecule has 1 saturated heterocycles. The highest BCUT2D eigenvalue weighted by Crippen LogP contribution is 2.12. The van der Waals surface area contributed by atoms with Gasteiger partial charge >= 0.3 is 0 Å². The van der Waals surface area contributed by atoms with Gasteiger partial charge in [-0.2, -0.15) is 0 Å². The molecule has 0 atom stereocenters. The molecule has 1 fully saturated rings. The maximum absolute atomic E-state index is 11.0. The molecule has 2 rings (SSSR count). The lowest BCUT2D eigenvalue weighted by Crippen LogP contribution is -2.42. The summed E-state index contributed by atoms with van der Waals surface area (Å²) in [6.07, 6.45) is 5.04. The van der Waals surface area contributed by atoms with E-state index >= 15 is 0 Å². The van der Waals surface area contributed by atoms with Crippen LogP contribution in [-0.4, -0.2) is 36.5 Å². The van der Waals surface area contributed by atoms with Crippen LogP contribution < -0.4 is 11.1 Å². The number of unbranched alkanes of at least 4 members (excludes halogenated alkanes) is 1. The third kappa shape index (κ3) is 5.14. The number of primary amides is 1. The molecular formula is C17H27N3O. The summed E-state index contributed by atoms with van der Waals surface area (Å²) >= 11 is 0. The van der Waals surface area contributed by atoms with Crippen LogP contribution in [0, 0.1) is 0 Å². The van der Waals surface area contributed by atoms with Gasteiger partial charge in [0.1, 0.15) is 0 Å². The third-order valence-electron chi connectivity index (χ3n) is 4.25. The first-order chi connectivity index (χ1) is 10.2. The minimum absolute atomic E-state index is 0.367. The van der Waals surface area contributed by atoms with Crippen molar-refractivity contribution in [3.8, 4) is 0 Å². The molecule has 21 heavy (non-hydrogen) atoms. The Labute approximate surface area is 127 Å². The SMILES string of the molecule is CCCCN1CCC(NCc2ccc(C(N)=O)cc2)CC1. The van der Waals surface area contributed by atoms with E-state index < -0.39 is 0 Å². The summed E-state index contributed by atoms with van der Waals surface area (Å²) in [4.78, 5) is 13.6. The molecule has 1 heterocycles. The predicted octanol–water partition coefficient (Wildman–Crippen LogP) is 2.14. The number of hydrogen-bond donors (Lipinski definition) is 2. The molecule has 1 aromatic carbocycles. The second kappa shape index (κ2) is 8.15. The normalized spacial score (nSPS) is 17.0. The highest BCUT2D eigenvalue weighted by Gasteiger charge is 2.17. The van der Waals surface area contributed by atoms with E-state index in [2.05, 4.69) is 17.1 Å². The van der Waals surface area contributed by atoms with Gasteiger partial charge in [-0.3, -0.25) is 4.79 Å². The standard InChI is InChI=1S/C17H27N3O/c1-2-3-10-20-11-8-16(9-12-20)19-13-14-4-6-15(7-5-14)17(18)21/h4-7,16,19H,2-3,8-13H2,1H3,(H2,18,21). The molecule has 0 bridgehead atoms. The molecular weight excluding hydrogens is 262 g/mol. The van der Waals surface area contributed by atoms with Crippen molar-refractivity contribution >= 4 is 5.91 Å². The van der Waals surface area contributed by atoms with Crippen LogP contribution in [0.3, 0.4) is 0 Å². The number of carbonyl (C=O) groups excluding carboxylic acids is 1. The van der Waals surface area contributed by atoms with Gasteiger partial charge in [0.2, 0.25) is 5.91 Å². The van der Waals surface area contributed by atoms with E-state index in [1.807, 2.05) is 12.1 Å². The number of benzene rings is 1. The van der Waals surface area contributed by atoms with Gasteiger partial charge < -0.3 is 16.0 Å². The number of rotatable bonds is 7. The lowest BCUT2D eigenvalue weighted by Gasteiger charge is -2.32. The van der Waals surface area contributed by atoms with Gasteiger partial charge in [-0.25, -0.2) is 0 Å². The van der Waals surface area contributed by atoms with E-state index in [9.17, 15) is 4.79 Å². The zero-order chi connectivity index (χ0) is 15.1. The Bertz CT molecular complexity index is 436. The number of hydrogen-bond acceptors (Lipinski definition) is 3. The van der Waals surface area contributed by atoms with Crippen LogP contribution in [-0.2, 0) is 6.54 Å². The molecule has 1 aromatic rings. The Morgan fingerprint density at radius 1 is 1.29 bits per heavy atom. The summed E-state index contributed by atoms with van der Waals surface area (Å²) in [5.74, 6) is -0.367. The molecule has 0 radical (unpaired) electrons. The average molecular weight is 289 g/mol. The molecule has 0 unspecified atom stereocenters. The minimum Gasteiger partial charge on any atom is -0.366 e. The van der Waals surface area contributed by atoms with E-state index in [4.69, 9.17) is 5.73 Å². The van der Waals surface area contributed by atoms with Crippen LogP contribution in [0.1, 0.15) is 48.5 Å². The van der Waals surface area contributed by atoms with Crippen LogP contribution in [0.5, 0.6) is 0 Å². The topological polar surface area (TPSA) is 58.4 Å². The zero-order valence-electron chi connectivity index (χ0n) is 13.0. The van der Waals surface area contributed by atoms with Crippen molar-refractivity contribution in [2.75, 3.05) is 19.6 Å². The van der Waals surface area contributed by atoms with Crippen LogP contribution in [0.15, 0.2) is 24.3 Å². The van der Waals surface area contributed by atoms with E-state index in [1.165, 1.54) is 50.9 Å². The summed E-state index contributed by atoms with van der Waals surface area (Å²) < 4.78 is 0. The first-order valence-electron chi connectivity index (χ1n) is 8.03. The highest BCUT2D eigenvalue weighted by atomic mass is 16.1.